The summed E-state index contributed by atoms with van der Waals surface area (Å²) in [6.45, 7) is 5.84. The van der Waals surface area contributed by atoms with Gasteiger partial charge in [-0.3, -0.25) is 10.1 Å². The van der Waals surface area contributed by atoms with Gasteiger partial charge in [0.1, 0.15) is 17.8 Å². The van der Waals surface area contributed by atoms with Crippen molar-refractivity contribution in [2.75, 3.05) is 11.9 Å². The number of esters is 1. The van der Waals surface area contributed by atoms with Gasteiger partial charge in [0.15, 0.2) is 0 Å². The van der Waals surface area contributed by atoms with Crippen LogP contribution in [0.4, 0.5) is 10.5 Å². The van der Waals surface area contributed by atoms with Gasteiger partial charge >= 0.3 is 17.7 Å². The van der Waals surface area contributed by atoms with Gasteiger partial charge in [0, 0.05) is 39.7 Å². The first-order valence-corrected chi connectivity index (χ1v) is 10.5. The second-order valence-corrected chi connectivity index (χ2v) is 7.68. The molecule has 2 heterocycles. The van der Waals surface area contributed by atoms with Crippen molar-refractivity contribution < 1.29 is 27.9 Å². The summed E-state index contributed by atoms with van der Waals surface area (Å²) in [7, 11) is 0. The molecular weight excluding hydrogens is 426 g/mol. The predicted molar refractivity (Wildman–Crippen MR) is 122 cm³/mol. The first-order valence-electron chi connectivity index (χ1n) is 10.5. The zero-order chi connectivity index (χ0) is 23.5. The van der Waals surface area contributed by atoms with Crippen molar-refractivity contribution in [1.82, 2.24) is 0 Å². The molecule has 0 radical (unpaired) electrons. The van der Waals surface area contributed by atoms with E-state index in [1.807, 2.05) is 26.0 Å². The van der Waals surface area contributed by atoms with Crippen LogP contribution in [0.5, 0.6) is 0 Å². The summed E-state index contributed by atoms with van der Waals surface area (Å²) in [5, 5.41) is 4.02. The number of rotatable bonds is 6. The van der Waals surface area contributed by atoms with Gasteiger partial charge in [-0.2, -0.15) is 0 Å². The molecule has 1 amide bonds. The van der Waals surface area contributed by atoms with Gasteiger partial charge in [-0.15, -0.1) is 0 Å². The Kier molecular flexibility index (Phi) is 6.17. The molecule has 2 aromatic heterocycles. The fourth-order valence-electron chi connectivity index (χ4n) is 3.55. The Labute approximate surface area is 189 Å². The molecule has 8 nitrogen and oxygen atoms in total. The molecule has 0 unspecified atom stereocenters. The molecule has 0 bridgehead atoms. The van der Waals surface area contributed by atoms with Gasteiger partial charge in [0.25, 0.3) is 0 Å². The number of fused-ring (bicyclic) bond motifs is 2. The Morgan fingerprint density at radius 1 is 0.939 bits per heavy atom. The fourth-order valence-corrected chi connectivity index (χ4v) is 3.55. The molecule has 0 aliphatic carbocycles. The summed E-state index contributed by atoms with van der Waals surface area (Å²) in [4.78, 5) is 36.1. The lowest BCUT2D eigenvalue weighted by atomic mass is 10.0. The number of carbonyl (C=O) groups excluding carboxylic acids is 2. The number of hydrogen-bond donors (Lipinski definition) is 1. The second-order valence-electron chi connectivity index (χ2n) is 7.68. The van der Waals surface area contributed by atoms with Crippen LogP contribution in [-0.4, -0.2) is 18.7 Å². The Hall–Kier alpha value is -4.07. The molecule has 8 heteroatoms. The van der Waals surface area contributed by atoms with Crippen LogP contribution in [0, 0.1) is 13.8 Å². The van der Waals surface area contributed by atoms with Crippen molar-refractivity contribution in [3.8, 4) is 0 Å². The van der Waals surface area contributed by atoms with E-state index in [4.69, 9.17) is 18.3 Å². The summed E-state index contributed by atoms with van der Waals surface area (Å²) in [5.41, 5.74) is 4.27. The molecule has 0 aliphatic rings. The number of aryl methyl sites for hydroxylation is 2. The molecule has 0 saturated carbocycles. The summed E-state index contributed by atoms with van der Waals surface area (Å²) >= 11 is 0. The number of anilines is 1. The summed E-state index contributed by atoms with van der Waals surface area (Å²) in [6, 6.07) is 10.1. The highest BCUT2D eigenvalue weighted by Gasteiger charge is 2.15. The van der Waals surface area contributed by atoms with Crippen LogP contribution in [0.15, 0.2) is 56.3 Å². The third-order valence-corrected chi connectivity index (χ3v) is 5.35. The highest BCUT2D eigenvalue weighted by atomic mass is 16.5. The minimum atomic E-state index is -0.610. The lowest BCUT2D eigenvalue weighted by Crippen LogP contribution is -2.13. The van der Waals surface area contributed by atoms with Crippen LogP contribution in [0.1, 0.15) is 29.2 Å². The normalized spacial score (nSPS) is 11.0. The standard InChI is InChI=1S/C25H23NO7/c1-4-30-25(29)26-18-5-6-19-16(10-24(28)33-22(19)11-18)13-32-23(27)9-17-12-31-21-8-15(3)14(2)7-20(17)21/h5-8,10-12H,4,9,13H2,1-3H3,(H,26,29). The quantitative estimate of drug-likeness (QED) is 0.326. The van der Waals surface area contributed by atoms with Crippen LogP contribution >= 0.6 is 0 Å². The molecule has 0 saturated heterocycles. The van der Waals surface area contributed by atoms with Gasteiger partial charge in [-0.1, -0.05) is 0 Å². The molecular formula is C25H23NO7. The minimum absolute atomic E-state index is 0.0441. The molecule has 0 fully saturated rings. The van der Waals surface area contributed by atoms with Crippen molar-refractivity contribution >= 4 is 39.7 Å². The second kappa shape index (κ2) is 9.20. The number of carbonyl (C=O) groups is 2. The van der Waals surface area contributed by atoms with Gasteiger partial charge in [-0.25, -0.2) is 9.59 Å². The smallest absolute Gasteiger partial charge is 0.411 e. The lowest BCUT2D eigenvalue weighted by Gasteiger charge is -2.09. The molecule has 4 rings (SSSR count). The highest BCUT2D eigenvalue weighted by Crippen LogP contribution is 2.26. The summed E-state index contributed by atoms with van der Waals surface area (Å²) < 4.78 is 21.1. The molecule has 1 N–H and O–H groups in total. The molecule has 4 aromatic rings. The average molecular weight is 449 g/mol. The van der Waals surface area contributed by atoms with Crippen LogP contribution in [0.3, 0.4) is 0 Å². The molecule has 0 aliphatic heterocycles. The average Bonchev–Trinajstić information content (AvgIpc) is 3.13. The summed E-state index contributed by atoms with van der Waals surface area (Å²) in [6.07, 6.45) is 0.999. The molecule has 33 heavy (non-hydrogen) atoms. The zero-order valence-electron chi connectivity index (χ0n) is 18.5. The first-order chi connectivity index (χ1) is 15.8. The number of benzene rings is 2. The molecule has 170 valence electrons. The lowest BCUT2D eigenvalue weighted by molar-refractivity contribution is -0.144. The Bertz CT molecular complexity index is 1410. The van der Waals surface area contributed by atoms with Gasteiger partial charge in [0.2, 0.25) is 0 Å². The van der Waals surface area contributed by atoms with Gasteiger partial charge in [0.05, 0.1) is 19.3 Å². The van der Waals surface area contributed by atoms with Crippen molar-refractivity contribution in [2.45, 2.75) is 33.8 Å². The van der Waals surface area contributed by atoms with Crippen molar-refractivity contribution in [3.63, 3.8) is 0 Å². The van der Waals surface area contributed by atoms with E-state index in [1.165, 1.54) is 12.1 Å². The van der Waals surface area contributed by atoms with Crippen LogP contribution in [-0.2, 0) is 27.3 Å². The Morgan fingerprint density at radius 3 is 2.52 bits per heavy atom. The van der Waals surface area contributed by atoms with Crippen molar-refractivity contribution in [1.29, 1.82) is 0 Å². The van der Waals surface area contributed by atoms with E-state index in [2.05, 4.69) is 5.32 Å². The summed E-state index contributed by atoms with van der Waals surface area (Å²) in [5.74, 6) is -0.446. The van der Waals surface area contributed by atoms with Crippen LogP contribution in [0.2, 0.25) is 0 Å². The highest BCUT2D eigenvalue weighted by molar-refractivity contribution is 5.90. The maximum absolute atomic E-state index is 12.5. The van der Waals surface area contributed by atoms with Crippen molar-refractivity contribution in [3.05, 3.63) is 75.3 Å². The SMILES string of the molecule is CCOC(=O)Nc1ccc2c(COC(=O)Cc3coc4cc(C)c(C)cc34)cc(=O)oc2c1. The van der Waals surface area contributed by atoms with E-state index in [0.29, 0.717) is 16.6 Å². The fraction of sp³-hybridized carbons (Fsp3) is 0.240. The number of nitrogens with one attached hydrogen (secondary N) is 1. The van der Waals surface area contributed by atoms with E-state index in [9.17, 15) is 14.4 Å². The maximum Gasteiger partial charge on any atom is 0.411 e. The van der Waals surface area contributed by atoms with Gasteiger partial charge < -0.3 is 18.3 Å². The monoisotopic (exact) mass is 449 g/mol. The third kappa shape index (κ3) is 4.90. The Morgan fingerprint density at radius 2 is 1.73 bits per heavy atom. The Balaban J connectivity index is 1.49. The van der Waals surface area contributed by atoms with Crippen molar-refractivity contribution in [2.24, 2.45) is 0 Å². The first kappa shape index (κ1) is 22.1. The van der Waals surface area contributed by atoms with E-state index in [0.717, 1.165) is 27.7 Å². The number of hydrogen-bond acceptors (Lipinski definition) is 7. The van der Waals surface area contributed by atoms with Crippen LogP contribution < -0.4 is 10.9 Å². The number of amides is 1. The van der Waals surface area contributed by atoms with E-state index in [1.54, 1.807) is 25.3 Å². The van der Waals surface area contributed by atoms with Crippen LogP contribution in [0.25, 0.3) is 21.9 Å². The van der Waals surface area contributed by atoms with Gasteiger partial charge in [-0.05, 0) is 56.2 Å². The topological polar surface area (TPSA) is 108 Å². The predicted octanol–water partition coefficient (Wildman–Crippen LogP) is 5.01. The molecule has 2 aromatic carbocycles. The maximum atomic E-state index is 12.5. The van der Waals surface area contributed by atoms with E-state index in [-0.39, 0.29) is 25.2 Å². The third-order valence-electron chi connectivity index (χ3n) is 5.35. The number of furan rings is 1. The zero-order valence-corrected chi connectivity index (χ0v) is 18.5. The minimum Gasteiger partial charge on any atom is -0.464 e. The van der Waals surface area contributed by atoms with E-state index >= 15 is 0 Å². The molecule has 0 spiro atoms. The van der Waals surface area contributed by atoms with E-state index < -0.39 is 17.7 Å². The largest absolute Gasteiger partial charge is 0.464 e. The number of ether oxygens (including phenoxy) is 2. The molecule has 0 atom stereocenters.